The van der Waals surface area contributed by atoms with Crippen LogP contribution in [-0.2, 0) is 9.47 Å². The highest BCUT2D eigenvalue weighted by Gasteiger charge is 2.19. The first kappa shape index (κ1) is 22.9. The summed E-state index contributed by atoms with van der Waals surface area (Å²) in [6.45, 7) is 1.41. The molecule has 3 rings (SSSR count). The van der Waals surface area contributed by atoms with Gasteiger partial charge >= 0.3 is 0 Å². The fourth-order valence-corrected chi connectivity index (χ4v) is 3.32. The van der Waals surface area contributed by atoms with E-state index in [1.54, 1.807) is 38.5 Å². The second-order valence-corrected chi connectivity index (χ2v) is 7.01. The highest BCUT2D eigenvalue weighted by atomic mass is 35.5. The van der Waals surface area contributed by atoms with E-state index in [1.165, 1.54) is 6.33 Å². The molecular weight excluding hydrogens is 441 g/mol. The van der Waals surface area contributed by atoms with Crippen LogP contribution in [0.25, 0.3) is 10.9 Å². The van der Waals surface area contributed by atoms with E-state index in [9.17, 15) is 0 Å². The number of ether oxygens (including phenoxy) is 4. The van der Waals surface area contributed by atoms with Gasteiger partial charge < -0.3 is 24.3 Å². The lowest BCUT2D eigenvalue weighted by molar-refractivity contribution is 0.132. The monoisotopic (exact) mass is 461 g/mol. The number of hydrogen-bond donors (Lipinski definition) is 1. The molecule has 31 heavy (non-hydrogen) atoms. The molecule has 0 amide bonds. The number of anilines is 2. The zero-order valence-electron chi connectivity index (χ0n) is 17.1. The average molecular weight is 462 g/mol. The van der Waals surface area contributed by atoms with Crippen LogP contribution in [-0.4, -0.2) is 50.6 Å². The van der Waals surface area contributed by atoms with E-state index in [0.717, 1.165) is 0 Å². The van der Waals surface area contributed by atoms with E-state index in [-0.39, 0.29) is 0 Å². The summed E-state index contributed by atoms with van der Waals surface area (Å²) in [5, 5.41) is 4.55. The average Bonchev–Trinajstić information content (AvgIpc) is 2.78. The summed E-state index contributed by atoms with van der Waals surface area (Å²) in [6.07, 6.45) is 6.92. The molecule has 0 atom stereocenters. The van der Waals surface area contributed by atoms with Crippen LogP contribution in [0.4, 0.5) is 11.5 Å². The van der Waals surface area contributed by atoms with Crippen molar-refractivity contribution in [2.75, 3.05) is 46.0 Å². The maximum atomic E-state index is 6.64. The van der Waals surface area contributed by atoms with Crippen molar-refractivity contribution in [3.8, 4) is 23.8 Å². The second-order valence-electron chi connectivity index (χ2n) is 6.26. The SMILES string of the molecule is C#Cc1cccc(Nc2ncnc3c(Cl)c(OCCOC)c(OCCOC)cc23)c1Cl. The van der Waals surface area contributed by atoms with Crippen molar-refractivity contribution in [2.45, 2.75) is 0 Å². The number of fused-ring (bicyclic) bond motifs is 1. The summed E-state index contributed by atoms with van der Waals surface area (Å²) < 4.78 is 21.8. The molecule has 0 aliphatic carbocycles. The summed E-state index contributed by atoms with van der Waals surface area (Å²) in [5.41, 5.74) is 1.67. The molecule has 0 spiro atoms. The summed E-state index contributed by atoms with van der Waals surface area (Å²) in [5.74, 6) is 3.85. The van der Waals surface area contributed by atoms with Crippen molar-refractivity contribution in [3.63, 3.8) is 0 Å². The van der Waals surface area contributed by atoms with Gasteiger partial charge in [0, 0.05) is 25.2 Å². The van der Waals surface area contributed by atoms with Gasteiger partial charge in [0.25, 0.3) is 0 Å². The van der Waals surface area contributed by atoms with Crippen LogP contribution in [0.15, 0.2) is 30.6 Å². The van der Waals surface area contributed by atoms with Crippen LogP contribution in [0.1, 0.15) is 5.56 Å². The Morgan fingerprint density at radius 1 is 1.00 bits per heavy atom. The number of methoxy groups -OCH3 is 2. The highest BCUT2D eigenvalue weighted by molar-refractivity contribution is 6.37. The smallest absolute Gasteiger partial charge is 0.182 e. The lowest BCUT2D eigenvalue weighted by Crippen LogP contribution is -2.09. The Labute approximate surface area is 190 Å². The lowest BCUT2D eigenvalue weighted by Gasteiger charge is -2.17. The van der Waals surface area contributed by atoms with Crippen molar-refractivity contribution in [1.29, 1.82) is 0 Å². The van der Waals surface area contributed by atoms with Crippen LogP contribution in [0.2, 0.25) is 10.0 Å². The molecule has 1 aromatic heterocycles. The van der Waals surface area contributed by atoms with E-state index < -0.39 is 0 Å². The van der Waals surface area contributed by atoms with Gasteiger partial charge in [-0.3, -0.25) is 0 Å². The van der Waals surface area contributed by atoms with Gasteiger partial charge in [0.15, 0.2) is 11.5 Å². The summed E-state index contributed by atoms with van der Waals surface area (Å²) in [6, 6.07) is 7.13. The van der Waals surface area contributed by atoms with Crippen molar-refractivity contribution < 1.29 is 18.9 Å². The molecular formula is C22H21Cl2N3O4. The zero-order chi connectivity index (χ0) is 22.2. The van der Waals surface area contributed by atoms with E-state index in [4.69, 9.17) is 48.6 Å². The van der Waals surface area contributed by atoms with Crippen molar-refractivity contribution >= 4 is 45.6 Å². The molecule has 0 bridgehead atoms. The Balaban J connectivity index is 2.07. The maximum absolute atomic E-state index is 6.64. The van der Waals surface area contributed by atoms with E-state index >= 15 is 0 Å². The third-order valence-corrected chi connectivity index (χ3v) is 5.03. The lowest BCUT2D eigenvalue weighted by atomic mass is 10.1. The Kier molecular flexibility index (Phi) is 8.15. The van der Waals surface area contributed by atoms with Crippen LogP contribution in [0.3, 0.4) is 0 Å². The first-order valence-electron chi connectivity index (χ1n) is 9.33. The largest absolute Gasteiger partial charge is 0.487 e. The Morgan fingerprint density at radius 2 is 1.74 bits per heavy atom. The first-order chi connectivity index (χ1) is 15.1. The number of rotatable bonds is 10. The van der Waals surface area contributed by atoms with Gasteiger partial charge in [-0.1, -0.05) is 35.2 Å². The van der Waals surface area contributed by atoms with Crippen LogP contribution in [0, 0.1) is 12.3 Å². The molecule has 1 heterocycles. The van der Waals surface area contributed by atoms with Gasteiger partial charge in [0.2, 0.25) is 0 Å². The topological polar surface area (TPSA) is 74.7 Å². The van der Waals surface area contributed by atoms with Crippen molar-refractivity contribution in [1.82, 2.24) is 9.97 Å². The normalized spacial score (nSPS) is 10.7. The van der Waals surface area contributed by atoms with Crippen molar-refractivity contribution in [2.24, 2.45) is 0 Å². The number of nitrogens with one attached hydrogen (secondary N) is 1. The van der Waals surface area contributed by atoms with Crippen LogP contribution < -0.4 is 14.8 Å². The van der Waals surface area contributed by atoms with Crippen LogP contribution in [0.5, 0.6) is 11.5 Å². The van der Waals surface area contributed by atoms with Gasteiger partial charge in [-0.05, 0) is 18.2 Å². The summed E-state index contributed by atoms with van der Waals surface area (Å²) in [4.78, 5) is 8.68. The van der Waals surface area contributed by atoms with Crippen molar-refractivity contribution in [3.05, 3.63) is 46.2 Å². The van der Waals surface area contributed by atoms with Gasteiger partial charge in [-0.25, -0.2) is 9.97 Å². The minimum absolute atomic E-state index is 0.299. The molecule has 3 aromatic rings. The molecule has 0 aliphatic heterocycles. The summed E-state index contributed by atoms with van der Waals surface area (Å²) in [7, 11) is 3.18. The molecule has 1 N–H and O–H groups in total. The molecule has 162 valence electrons. The molecule has 0 unspecified atom stereocenters. The first-order valence-corrected chi connectivity index (χ1v) is 10.1. The number of halogens is 2. The van der Waals surface area contributed by atoms with E-state index in [2.05, 4.69) is 21.2 Å². The number of terminal acetylenes is 1. The Bertz CT molecular complexity index is 1100. The molecule has 0 fully saturated rings. The molecule has 0 saturated carbocycles. The molecule has 0 radical (unpaired) electrons. The minimum Gasteiger partial charge on any atom is -0.487 e. The molecule has 9 heteroatoms. The van der Waals surface area contributed by atoms with Crippen LogP contribution >= 0.6 is 23.2 Å². The zero-order valence-corrected chi connectivity index (χ0v) is 18.6. The van der Waals surface area contributed by atoms with Gasteiger partial charge in [-0.15, -0.1) is 6.42 Å². The molecule has 0 saturated heterocycles. The van der Waals surface area contributed by atoms with Gasteiger partial charge in [-0.2, -0.15) is 0 Å². The predicted octanol–water partition coefficient (Wildman–Crippen LogP) is 4.71. The van der Waals surface area contributed by atoms with Gasteiger partial charge in [0.1, 0.15) is 30.4 Å². The summed E-state index contributed by atoms with van der Waals surface area (Å²) >= 11 is 13.1. The predicted molar refractivity (Wildman–Crippen MR) is 122 cm³/mol. The number of benzene rings is 2. The minimum atomic E-state index is 0.299. The molecule has 7 nitrogen and oxygen atoms in total. The third kappa shape index (κ3) is 5.30. The molecule has 0 aliphatic rings. The standard InChI is InChI=1S/C22H21Cl2N3O4/c1-4-14-6-5-7-16(18(14)23)27-22-15-12-17(30-10-8-28-2)21(31-11-9-29-3)19(24)20(15)25-13-26-22/h1,5-7,12-13H,8-11H2,2-3H3,(H,25,26,27). The van der Waals surface area contributed by atoms with E-state index in [0.29, 0.717) is 75.9 Å². The second kappa shape index (κ2) is 11.0. The number of hydrogen-bond acceptors (Lipinski definition) is 7. The fraction of sp³-hybridized carbons (Fsp3) is 0.273. The third-order valence-electron chi connectivity index (χ3n) is 4.28. The fourth-order valence-electron chi connectivity index (χ4n) is 2.79. The maximum Gasteiger partial charge on any atom is 0.182 e. The number of aromatic nitrogens is 2. The van der Waals surface area contributed by atoms with E-state index in [1.807, 2.05) is 0 Å². The molecule has 2 aromatic carbocycles. The Morgan fingerprint density at radius 3 is 2.45 bits per heavy atom. The quantitative estimate of drug-likeness (QED) is 0.346. The van der Waals surface area contributed by atoms with Gasteiger partial charge in [0.05, 0.1) is 29.4 Å². The Hall–Kier alpha value is -2.76. The highest BCUT2D eigenvalue weighted by Crippen LogP contribution is 2.42. The number of nitrogens with zero attached hydrogens (tertiary/aromatic N) is 2.